The first kappa shape index (κ1) is 15.3. The van der Waals surface area contributed by atoms with Crippen molar-refractivity contribution in [2.75, 3.05) is 6.54 Å². The van der Waals surface area contributed by atoms with Gasteiger partial charge in [-0.15, -0.1) is 0 Å². The van der Waals surface area contributed by atoms with Crippen LogP contribution in [0.25, 0.3) is 0 Å². The topological polar surface area (TPSA) is 41.1 Å². The molecule has 1 saturated carbocycles. The Kier molecular flexibility index (Phi) is 6.34. The molecule has 0 aliphatic heterocycles. The van der Waals surface area contributed by atoms with E-state index in [9.17, 15) is 4.79 Å². The van der Waals surface area contributed by atoms with E-state index in [0.29, 0.717) is 19.1 Å². The monoisotopic (exact) mass is 294 g/mol. The average molecular weight is 295 g/mol. The van der Waals surface area contributed by atoms with Gasteiger partial charge in [-0.1, -0.05) is 49.4 Å². The van der Waals surface area contributed by atoms with Gasteiger partial charge in [-0.3, -0.25) is 4.79 Å². The molecule has 0 unspecified atom stereocenters. The van der Waals surface area contributed by atoms with Crippen LogP contribution in [0.4, 0.5) is 0 Å². The van der Waals surface area contributed by atoms with Crippen LogP contribution in [0, 0.1) is 0 Å². The summed E-state index contributed by atoms with van der Waals surface area (Å²) in [5.41, 5.74) is 1.14. The molecule has 0 spiro atoms. The number of rotatable bonds is 5. The summed E-state index contributed by atoms with van der Waals surface area (Å²) >= 11 is 5.83. The van der Waals surface area contributed by atoms with Crippen LogP contribution in [0.1, 0.15) is 44.1 Å². The molecule has 0 saturated heterocycles. The predicted octanol–water partition coefficient (Wildman–Crippen LogP) is 3.27. The lowest BCUT2D eigenvalue weighted by Gasteiger charge is -2.16. The fourth-order valence-corrected chi connectivity index (χ4v) is 2.75. The second-order valence-electron chi connectivity index (χ2n) is 5.49. The SMILES string of the molecule is O=C(CNCc1ccc(Cl)cc1)NC1CCCCCC1. The van der Waals surface area contributed by atoms with Crippen LogP contribution in [-0.2, 0) is 11.3 Å². The highest BCUT2D eigenvalue weighted by Crippen LogP contribution is 2.17. The molecule has 0 bridgehead atoms. The van der Waals surface area contributed by atoms with E-state index in [-0.39, 0.29) is 5.91 Å². The highest BCUT2D eigenvalue weighted by Gasteiger charge is 2.14. The van der Waals surface area contributed by atoms with Gasteiger partial charge in [0.2, 0.25) is 5.91 Å². The first-order valence-electron chi connectivity index (χ1n) is 7.48. The van der Waals surface area contributed by atoms with Gasteiger partial charge in [0.1, 0.15) is 0 Å². The molecule has 0 heterocycles. The molecule has 4 heteroatoms. The molecule has 1 aliphatic rings. The third-order valence-electron chi connectivity index (χ3n) is 3.75. The van der Waals surface area contributed by atoms with E-state index in [2.05, 4.69) is 10.6 Å². The Morgan fingerprint density at radius 3 is 2.40 bits per heavy atom. The minimum absolute atomic E-state index is 0.103. The van der Waals surface area contributed by atoms with Crippen LogP contribution >= 0.6 is 11.6 Å². The van der Waals surface area contributed by atoms with Crippen molar-refractivity contribution in [3.63, 3.8) is 0 Å². The Bertz CT molecular complexity index is 411. The normalized spacial score (nSPS) is 16.6. The summed E-state index contributed by atoms with van der Waals surface area (Å²) in [4.78, 5) is 11.9. The minimum atomic E-state index is 0.103. The molecule has 0 atom stereocenters. The number of carbonyl (C=O) groups excluding carboxylic acids is 1. The smallest absolute Gasteiger partial charge is 0.234 e. The van der Waals surface area contributed by atoms with Gasteiger partial charge in [0, 0.05) is 17.6 Å². The number of hydrogen-bond acceptors (Lipinski definition) is 2. The number of hydrogen-bond donors (Lipinski definition) is 2. The predicted molar refractivity (Wildman–Crippen MR) is 82.8 cm³/mol. The van der Waals surface area contributed by atoms with E-state index in [4.69, 9.17) is 11.6 Å². The van der Waals surface area contributed by atoms with Crippen LogP contribution < -0.4 is 10.6 Å². The van der Waals surface area contributed by atoms with Crippen LogP contribution in [0.15, 0.2) is 24.3 Å². The van der Waals surface area contributed by atoms with E-state index in [1.165, 1.54) is 25.7 Å². The fraction of sp³-hybridized carbons (Fsp3) is 0.562. The minimum Gasteiger partial charge on any atom is -0.352 e. The lowest BCUT2D eigenvalue weighted by Crippen LogP contribution is -2.40. The number of nitrogens with one attached hydrogen (secondary N) is 2. The third-order valence-corrected chi connectivity index (χ3v) is 4.00. The average Bonchev–Trinajstić information content (AvgIpc) is 2.70. The summed E-state index contributed by atoms with van der Waals surface area (Å²) < 4.78 is 0. The largest absolute Gasteiger partial charge is 0.352 e. The van der Waals surface area contributed by atoms with Crippen molar-refractivity contribution in [2.24, 2.45) is 0 Å². The van der Waals surface area contributed by atoms with E-state index in [1.54, 1.807) is 0 Å². The zero-order valence-electron chi connectivity index (χ0n) is 11.8. The van der Waals surface area contributed by atoms with E-state index in [0.717, 1.165) is 23.4 Å². The lowest BCUT2D eigenvalue weighted by molar-refractivity contribution is -0.121. The van der Waals surface area contributed by atoms with E-state index in [1.807, 2.05) is 24.3 Å². The van der Waals surface area contributed by atoms with Crippen molar-refractivity contribution in [3.8, 4) is 0 Å². The van der Waals surface area contributed by atoms with Crippen molar-refractivity contribution >= 4 is 17.5 Å². The zero-order chi connectivity index (χ0) is 14.2. The van der Waals surface area contributed by atoms with Gasteiger partial charge < -0.3 is 10.6 Å². The molecule has 110 valence electrons. The Morgan fingerprint density at radius 2 is 1.75 bits per heavy atom. The Labute approximate surface area is 126 Å². The first-order chi connectivity index (χ1) is 9.74. The van der Waals surface area contributed by atoms with Crippen molar-refractivity contribution < 1.29 is 4.79 Å². The molecular weight excluding hydrogens is 272 g/mol. The summed E-state index contributed by atoms with van der Waals surface area (Å²) in [5, 5.41) is 7.04. The molecule has 1 aliphatic carbocycles. The summed E-state index contributed by atoms with van der Waals surface area (Å²) in [6, 6.07) is 8.05. The van der Waals surface area contributed by atoms with Crippen LogP contribution in [0.3, 0.4) is 0 Å². The van der Waals surface area contributed by atoms with Gasteiger partial charge in [-0.05, 0) is 30.5 Å². The first-order valence-corrected chi connectivity index (χ1v) is 7.86. The van der Waals surface area contributed by atoms with Crippen LogP contribution in [0.5, 0.6) is 0 Å². The zero-order valence-corrected chi connectivity index (χ0v) is 12.6. The molecule has 3 nitrogen and oxygen atoms in total. The standard InChI is InChI=1S/C16H23ClN2O/c17-14-9-7-13(8-10-14)11-18-12-16(20)19-15-5-3-1-2-4-6-15/h7-10,15,18H,1-6,11-12H2,(H,19,20). The third kappa shape index (κ3) is 5.51. The molecule has 2 rings (SSSR count). The molecule has 20 heavy (non-hydrogen) atoms. The lowest BCUT2D eigenvalue weighted by atomic mass is 10.1. The van der Waals surface area contributed by atoms with Crippen molar-refractivity contribution in [3.05, 3.63) is 34.9 Å². The van der Waals surface area contributed by atoms with Gasteiger partial charge in [-0.25, -0.2) is 0 Å². The second kappa shape index (κ2) is 8.28. The van der Waals surface area contributed by atoms with Gasteiger partial charge in [-0.2, -0.15) is 0 Å². The quantitative estimate of drug-likeness (QED) is 0.818. The Morgan fingerprint density at radius 1 is 1.10 bits per heavy atom. The van der Waals surface area contributed by atoms with E-state index >= 15 is 0 Å². The molecule has 1 amide bonds. The molecule has 1 fully saturated rings. The highest BCUT2D eigenvalue weighted by molar-refractivity contribution is 6.30. The summed E-state index contributed by atoms with van der Waals surface area (Å²) in [7, 11) is 0. The summed E-state index contributed by atoms with van der Waals surface area (Å²) in [5.74, 6) is 0.103. The molecular formula is C16H23ClN2O. The Balaban J connectivity index is 1.65. The maximum absolute atomic E-state index is 11.9. The maximum atomic E-state index is 11.9. The van der Waals surface area contributed by atoms with Crippen molar-refractivity contribution in [1.82, 2.24) is 10.6 Å². The molecule has 0 aromatic heterocycles. The van der Waals surface area contributed by atoms with Gasteiger partial charge in [0.25, 0.3) is 0 Å². The van der Waals surface area contributed by atoms with Crippen molar-refractivity contribution in [2.45, 2.75) is 51.1 Å². The Hall–Kier alpha value is -1.06. The summed E-state index contributed by atoms with van der Waals surface area (Å²) in [6.07, 6.45) is 7.35. The summed E-state index contributed by atoms with van der Waals surface area (Å²) in [6.45, 7) is 1.06. The van der Waals surface area contributed by atoms with Gasteiger partial charge in [0.05, 0.1) is 6.54 Å². The number of halogens is 1. The van der Waals surface area contributed by atoms with Crippen LogP contribution in [0.2, 0.25) is 5.02 Å². The van der Waals surface area contributed by atoms with E-state index < -0.39 is 0 Å². The number of amides is 1. The number of benzene rings is 1. The molecule has 0 radical (unpaired) electrons. The number of carbonyl (C=O) groups is 1. The highest BCUT2D eigenvalue weighted by atomic mass is 35.5. The van der Waals surface area contributed by atoms with Gasteiger partial charge in [0.15, 0.2) is 0 Å². The fourth-order valence-electron chi connectivity index (χ4n) is 2.63. The maximum Gasteiger partial charge on any atom is 0.234 e. The molecule has 2 N–H and O–H groups in total. The van der Waals surface area contributed by atoms with Crippen LogP contribution in [-0.4, -0.2) is 18.5 Å². The molecule has 1 aromatic rings. The molecule has 1 aromatic carbocycles. The van der Waals surface area contributed by atoms with Gasteiger partial charge >= 0.3 is 0 Å². The second-order valence-corrected chi connectivity index (χ2v) is 5.92. The van der Waals surface area contributed by atoms with Crippen molar-refractivity contribution in [1.29, 1.82) is 0 Å².